The molecule has 1 amide bonds. The van der Waals surface area contributed by atoms with Crippen LogP contribution in [0.15, 0.2) is 5.38 Å². The number of thiophene rings is 1. The Kier molecular flexibility index (Phi) is 7.61. The number of carbonyl (C=O) groups is 2. The Morgan fingerprint density at radius 2 is 2.15 bits per heavy atom. The molecule has 1 saturated heterocycles. The van der Waals surface area contributed by atoms with Gasteiger partial charge in [-0.15, -0.1) is 11.3 Å². The molecule has 6 nitrogen and oxygen atoms in total. The van der Waals surface area contributed by atoms with Crippen molar-refractivity contribution in [2.45, 2.75) is 53.2 Å². The van der Waals surface area contributed by atoms with Crippen LogP contribution < -0.4 is 5.32 Å². The van der Waals surface area contributed by atoms with Gasteiger partial charge in [0.1, 0.15) is 5.00 Å². The Morgan fingerprint density at radius 3 is 2.81 bits per heavy atom. The molecule has 0 radical (unpaired) electrons. The van der Waals surface area contributed by atoms with Gasteiger partial charge >= 0.3 is 5.97 Å². The van der Waals surface area contributed by atoms with E-state index in [2.05, 4.69) is 31.0 Å². The SMILES string of the molecule is CCOC(=O)c1c(CC(C)C)csc1NC(=O)CN1CC(C)OCC1C. The lowest BCUT2D eigenvalue weighted by atomic mass is 10.0. The van der Waals surface area contributed by atoms with E-state index in [1.807, 2.05) is 12.3 Å². The van der Waals surface area contributed by atoms with Gasteiger partial charge < -0.3 is 14.8 Å². The minimum Gasteiger partial charge on any atom is -0.462 e. The van der Waals surface area contributed by atoms with Crippen molar-refractivity contribution >= 4 is 28.2 Å². The molecule has 2 unspecified atom stereocenters. The molecule has 26 heavy (non-hydrogen) atoms. The molecule has 0 saturated carbocycles. The summed E-state index contributed by atoms with van der Waals surface area (Å²) in [5.41, 5.74) is 1.44. The minimum absolute atomic E-state index is 0.116. The highest BCUT2D eigenvalue weighted by atomic mass is 32.1. The molecule has 0 bridgehead atoms. The van der Waals surface area contributed by atoms with Crippen LogP contribution in [0.25, 0.3) is 0 Å². The first-order valence-electron chi connectivity index (χ1n) is 9.24. The molecule has 146 valence electrons. The zero-order chi connectivity index (χ0) is 19.3. The molecule has 2 atom stereocenters. The molecule has 1 aromatic rings. The summed E-state index contributed by atoms with van der Waals surface area (Å²) in [7, 11) is 0. The summed E-state index contributed by atoms with van der Waals surface area (Å²) in [6.07, 6.45) is 0.895. The van der Waals surface area contributed by atoms with Gasteiger partial charge in [0.25, 0.3) is 0 Å². The highest BCUT2D eigenvalue weighted by molar-refractivity contribution is 7.15. The molecule has 1 aromatic heterocycles. The topological polar surface area (TPSA) is 67.9 Å². The van der Waals surface area contributed by atoms with Crippen molar-refractivity contribution in [1.82, 2.24) is 4.90 Å². The molecule has 2 rings (SSSR count). The van der Waals surface area contributed by atoms with Gasteiger partial charge in [0, 0.05) is 12.6 Å². The number of ether oxygens (including phenoxy) is 2. The molecular weight excluding hydrogens is 352 g/mol. The molecule has 0 spiro atoms. The van der Waals surface area contributed by atoms with E-state index in [1.54, 1.807) is 6.92 Å². The Hall–Kier alpha value is -1.44. The highest BCUT2D eigenvalue weighted by Gasteiger charge is 2.27. The van der Waals surface area contributed by atoms with Gasteiger partial charge in [-0.3, -0.25) is 9.69 Å². The molecule has 1 aliphatic heterocycles. The smallest absolute Gasteiger partial charge is 0.341 e. The van der Waals surface area contributed by atoms with Gasteiger partial charge in [-0.25, -0.2) is 4.79 Å². The second kappa shape index (κ2) is 9.48. The van der Waals surface area contributed by atoms with E-state index in [0.29, 0.717) is 29.7 Å². The van der Waals surface area contributed by atoms with E-state index in [0.717, 1.165) is 18.5 Å². The van der Waals surface area contributed by atoms with Crippen LogP contribution in [0.2, 0.25) is 0 Å². The fourth-order valence-electron chi connectivity index (χ4n) is 3.05. The van der Waals surface area contributed by atoms with Gasteiger partial charge in [-0.05, 0) is 44.1 Å². The van der Waals surface area contributed by atoms with E-state index in [1.165, 1.54) is 11.3 Å². The lowest BCUT2D eigenvalue weighted by molar-refractivity contribution is -0.121. The maximum atomic E-state index is 12.6. The monoisotopic (exact) mass is 382 g/mol. The van der Waals surface area contributed by atoms with Crippen LogP contribution in [0.5, 0.6) is 0 Å². The summed E-state index contributed by atoms with van der Waals surface area (Å²) >= 11 is 1.39. The Balaban J connectivity index is 2.10. The third-order valence-electron chi connectivity index (χ3n) is 4.31. The number of rotatable bonds is 7. The predicted molar refractivity (Wildman–Crippen MR) is 104 cm³/mol. The van der Waals surface area contributed by atoms with Crippen molar-refractivity contribution in [2.75, 3.05) is 31.6 Å². The van der Waals surface area contributed by atoms with E-state index >= 15 is 0 Å². The normalized spacial score (nSPS) is 21.0. The first kappa shape index (κ1) is 20.9. The van der Waals surface area contributed by atoms with Gasteiger partial charge in [-0.2, -0.15) is 0 Å². The Bertz CT molecular complexity index is 629. The van der Waals surface area contributed by atoms with E-state index in [-0.39, 0.29) is 30.6 Å². The molecule has 1 aliphatic rings. The number of anilines is 1. The van der Waals surface area contributed by atoms with Crippen LogP contribution >= 0.6 is 11.3 Å². The zero-order valence-corrected chi connectivity index (χ0v) is 17.1. The van der Waals surface area contributed by atoms with Gasteiger partial charge in [0.05, 0.1) is 31.4 Å². The van der Waals surface area contributed by atoms with Crippen molar-refractivity contribution < 1.29 is 19.1 Å². The van der Waals surface area contributed by atoms with Crippen LogP contribution in [0.4, 0.5) is 5.00 Å². The number of nitrogens with one attached hydrogen (secondary N) is 1. The number of hydrogen-bond donors (Lipinski definition) is 1. The van der Waals surface area contributed by atoms with Crippen LogP contribution in [0.3, 0.4) is 0 Å². The highest BCUT2D eigenvalue weighted by Crippen LogP contribution is 2.31. The molecule has 0 aromatic carbocycles. The average molecular weight is 383 g/mol. The van der Waals surface area contributed by atoms with Gasteiger partial charge in [0.2, 0.25) is 5.91 Å². The fraction of sp³-hybridized carbons (Fsp3) is 0.684. The first-order chi connectivity index (χ1) is 12.3. The quantitative estimate of drug-likeness (QED) is 0.734. The van der Waals surface area contributed by atoms with Crippen LogP contribution in [0, 0.1) is 5.92 Å². The summed E-state index contributed by atoms with van der Waals surface area (Å²) in [5, 5.41) is 5.45. The number of carbonyl (C=O) groups excluding carboxylic acids is 2. The summed E-state index contributed by atoms with van der Waals surface area (Å²) in [6, 6.07) is 0.196. The largest absolute Gasteiger partial charge is 0.462 e. The molecule has 1 N–H and O–H groups in total. The van der Waals surface area contributed by atoms with Crippen molar-refractivity contribution in [2.24, 2.45) is 5.92 Å². The lowest BCUT2D eigenvalue weighted by Crippen LogP contribution is -2.50. The van der Waals surface area contributed by atoms with Gasteiger partial charge in [0.15, 0.2) is 0 Å². The third kappa shape index (κ3) is 5.53. The van der Waals surface area contributed by atoms with Crippen molar-refractivity contribution in [1.29, 1.82) is 0 Å². The zero-order valence-electron chi connectivity index (χ0n) is 16.3. The Morgan fingerprint density at radius 1 is 1.42 bits per heavy atom. The average Bonchev–Trinajstić information content (AvgIpc) is 2.92. The fourth-order valence-corrected chi connectivity index (χ4v) is 4.02. The standard InChI is InChI=1S/C19H30N2O4S/c1-6-24-19(23)17-15(7-12(2)3)11-26-18(17)20-16(22)9-21-8-14(5)25-10-13(21)4/h11-14H,6-10H2,1-5H3,(H,20,22). The third-order valence-corrected chi connectivity index (χ3v) is 5.26. The van der Waals surface area contributed by atoms with Crippen molar-refractivity contribution in [3.8, 4) is 0 Å². The molecular formula is C19H30N2O4S. The first-order valence-corrected chi connectivity index (χ1v) is 10.1. The predicted octanol–water partition coefficient (Wildman–Crippen LogP) is 3.17. The van der Waals surface area contributed by atoms with Crippen molar-refractivity contribution in [3.63, 3.8) is 0 Å². The van der Waals surface area contributed by atoms with Crippen LogP contribution in [0.1, 0.15) is 50.5 Å². The second-order valence-electron chi connectivity index (χ2n) is 7.25. The maximum Gasteiger partial charge on any atom is 0.341 e. The van der Waals surface area contributed by atoms with E-state index in [9.17, 15) is 9.59 Å². The summed E-state index contributed by atoms with van der Waals surface area (Å²) in [6.45, 7) is 12.0. The molecule has 1 fully saturated rings. The number of hydrogen-bond acceptors (Lipinski definition) is 6. The van der Waals surface area contributed by atoms with E-state index < -0.39 is 0 Å². The van der Waals surface area contributed by atoms with Crippen LogP contribution in [-0.2, 0) is 20.7 Å². The maximum absolute atomic E-state index is 12.6. The second-order valence-corrected chi connectivity index (χ2v) is 8.13. The minimum atomic E-state index is -0.368. The van der Waals surface area contributed by atoms with Crippen molar-refractivity contribution in [3.05, 3.63) is 16.5 Å². The number of morpholine rings is 1. The van der Waals surface area contributed by atoms with E-state index in [4.69, 9.17) is 9.47 Å². The number of nitrogens with zero attached hydrogens (tertiary/aromatic N) is 1. The lowest BCUT2D eigenvalue weighted by Gasteiger charge is -2.36. The summed E-state index contributed by atoms with van der Waals surface area (Å²) < 4.78 is 10.8. The number of esters is 1. The molecule has 7 heteroatoms. The van der Waals surface area contributed by atoms with Crippen LogP contribution in [-0.4, -0.2) is 55.2 Å². The summed E-state index contributed by atoms with van der Waals surface area (Å²) in [5.74, 6) is -0.0699. The number of amides is 1. The molecule has 0 aliphatic carbocycles. The summed E-state index contributed by atoms with van der Waals surface area (Å²) in [4.78, 5) is 27.1. The van der Waals surface area contributed by atoms with Gasteiger partial charge in [-0.1, -0.05) is 13.8 Å². The Labute approximate surface area is 159 Å². The molecule has 2 heterocycles.